The number of benzene rings is 1. The van der Waals surface area contributed by atoms with Crippen LogP contribution in [0.3, 0.4) is 0 Å². The van der Waals surface area contributed by atoms with Gasteiger partial charge >= 0.3 is 5.97 Å². The highest BCUT2D eigenvalue weighted by atomic mass is 35.5. The second-order valence-corrected chi connectivity index (χ2v) is 7.13. The number of hydrogen-bond donors (Lipinski definition) is 4. The van der Waals surface area contributed by atoms with Gasteiger partial charge in [0.2, 0.25) is 11.9 Å². The fraction of sp³-hybridized carbons (Fsp3) is 0.400. The van der Waals surface area contributed by atoms with E-state index in [1.165, 1.54) is 0 Å². The number of hydrogen-bond acceptors (Lipinski definition) is 5. The summed E-state index contributed by atoms with van der Waals surface area (Å²) in [5, 5.41) is 23.6. The van der Waals surface area contributed by atoms with Gasteiger partial charge in [0, 0.05) is 25.6 Å². The quantitative estimate of drug-likeness (QED) is 0.420. The summed E-state index contributed by atoms with van der Waals surface area (Å²) >= 11 is 6.15. The Morgan fingerprint density at radius 1 is 1.23 bits per heavy atom. The van der Waals surface area contributed by atoms with Crippen LogP contribution in [0.2, 0.25) is 5.15 Å². The van der Waals surface area contributed by atoms with E-state index in [4.69, 9.17) is 16.7 Å². The number of aliphatic hydroxyl groups excluding tert-OH is 1. The van der Waals surface area contributed by atoms with E-state index in [1.807, 2.05) is 4.57 Å². The Bertz CT molecular complexity index is 911. The maximum atomic E-state index is 12.1. The van der Waals surface area contributed by atoms with Gasteiger partial charge in [-0.3, -0.25) is 9.59 Å². The number of imidazole rings is 1. The second-order valence-electron chi connectivity index (χ2n) is 6.77. The lowest BCUT2D eigenvalue weighted by molar-refractivity contribution is -0.144. The first-order valence-electron chi connectivity index (χ1n) is 9.51. The van der Waals surface area contributed by atoms with E-state index >= 15 is 0 Å². The first kappa shape index (κ1) is 23.4. The molecular formula is C20H25ClN4O5. The molecule has 30 heavy (non-hydrogen) atoms. The minimum Gasteiger partial charge on any atom is -0.479 e. The highest BCUT2D eigenvalue weighted by Crippen LogP contribution is 2.21. The lowest BCUT2D eigenvalue weighted by Crippen LogP contribution is -2.48. The molecule has 0 spiro atoms. The van der Waals surface area contributed by atoms with Gasteiger partial charge in [-0.05, 0) is 24.1 Å². The van der Waals surface area contributed by atoms with Crippen molar-refractivity contribution in [2.75, 3.05) is 5.32 Å². The Morgan fingerprint density at radius 3 is 2.43 bits per heavy atom. The number of carbonyl (C=O) groups excluding carboxylic acids is 2. The van der Waals surface area contributed by atoms with Crippen LogP contribution in [0.1, 0.15) is 43.8 Å². The largest absolute Gasteiger partial charge is 0.479 e. The van der Waals surface area contributed by atoms with Crippen LogP contribution in [0.25, 0.3) is 0 Å². The molecule has 1 aromatic carbocycles. The lowest BCUT2D eigenvalue weighted by atomic mass is 10.1. The number of rotatable bonds is 10. The van der Waals surface area contributed by atoms with Crippen molar-refractivity contribution in [2.45, 2.75) is 52.3 Å². The van der Waals surface area contributed by atoms with E-state index < -0.39 is 23.8 Å². The standard InChI is InChI=1S/C20H25ClN4O5/c1-3-4-5-16-24-18(21)15(11-26)25(16)10-13-6-8-14(9-7-13)23-19(28)17(20(29)30)22-12(2)27/h6-9,17,26H,3-5,10-11H2,1-2H3,(H,22,27)(H,23,28)(H,29,30)/t17-/m0/s1. The number of aromatic nitrogens is 2. The minimum absolute atomic E-state index is 0.230. The van der Waals surface area contributed by atoms with E-state index in [0.717, 1.165) is 37.6 Å². The summed E-state index contributed by atoms with van der Waals surface area (Å²) < 4.78 is 1.88. The number of unbranched alkanes of at least 4 members (excludes halogenated alkanes) is 1. The Morgan fingerprint density at radius 2 is 1.90 bits per heavy atom. The number of aryl methyl sites for hydroxylation is 1. The van der Waals surface area contributed by atoms with Crippen LogP contribution in [-0.4, -0.2) is 43.6 Å². The maximum absolute atomic E-state index is 12.1. The van der Waals surface area contributed by atoms with Crippen LogP contribution in [0, 0.1) is 0 Å². The van der Waals surface area contributed by atoms with Crippen molar-refractivity contribution in [1.82, 2.24) is 14.9 Å². The van der Waals surface area contributed by atoms with Gasteiger partial charge in [0.1, 0.15) is 5.82 Å². The van der Waals surface area contributed by atoms with Crippen LogP contribution in [0.4, 0.5) is 5.69 Å². The molecule has 2 aromatic rings. The molecule has 1 heterocycles. The third-order valence-electron chi connectivity index (χ3n) is 4.43. The van der Waals surface area contributed by atoms with Crippen molar-refractivity contribution in [2.24, 2.45) is 0 Å². The van der Waals surface area contributed by atoms with Crippen molar-refractivity contribution in [3.8, 4) is 0 Å². The Hall–Kier alpha value is -2.91. The number of aliphatic carboxylic acids is 1. The molecule has 9 nitrogen and oxygen atoms in total. The van der Waals surface area contributed by atoms with E-state index in [2.05, 4.69) is 22.5 Å². The molecule has 0 saturated heterocycles. The first-order valence-corrected chi connectivity index (χ1v) is 9.88. The number of halogens is 1. The van der Waals surface area contributed by atoms with Gasteiger partial charge in [0.15, 0.2) is 5.15 Å². The molecule has 0 aliphatic heterocycles. The van der Waals surface area contributed by atoms with Crippen LogP contribution in [0.15, 0.2) is 24.3 Å². The fourth-order valence-electron chi connectivity index (χ4n) is 2.90. The molecule has 0 saturated carbocycles. The van der Waals surface area contributed by atoms with Crippen LogP contribution in [0.5, 0.6) is 0 Å². The molecule has 2 rings (SSSR count). The van der Waals surface area contributed by atoms with Gasteiger partial charge in [0.05, 0.1) is 12.3 Å². The van der Waals surface area contributed by atoms with E-state index in [1.54, 1.807) is 24.3 Å². The van der Waals surface area contributed by atoms with E-state index in [0.29, 0.717) is 17.9 Å². The summed E-state index contributed by atoms with van der Waals surface area (Å²) in [6, 6.07) is 5.11. The summed E-state index contributed by atoms with van der Waals surface area (Å²) in [6.07, 6.45) is 2.69. The number of amides is 2. The summed E-state index contributed by atoms with van der Waals surface area (Å²) in [4.78, 5) is 38.8. The number of carbonyl (C=O) groups is 3. The van der Waals surface area contributed by atoms with Gasteiger partial charge in [-0.15, -0.1) is 0 Å². The average molecular weight is 437 g/mol. The summed E-state index contributed by atoms with van der Waals surface area (Å²) in [6.45, 7) is 3.42. The predicted molar refractivity (Wildman–Crippen MR) is 111 cm³/mol. The zero-order valence-electron chi connectivity index (χ0n) is 16.8. The molecule has 0 bridgehead atoms. The Kier molecular flexibility index (Phi) is 8.37. The van der Waals surface area contributed by atoms with Gasteiger partial charge in [-0.1, -0.05) is 37.1 Å². The molecule has 4 N–H and O–H groups in total. The number of carboxylic acids is 1. The normalized spacial score (nSPS) is 11.7. The summed E-state index contributed by atoms with van der Waals surface area (Å²) in [7, 11) is 0. The van der Waals surface area contributed by atoms with Crippen molar-refractivity contribution in [3.05, 3.63) is 46.5 Å². The second kappa shape index (κ2) is 10.7. The molecule has 0 aliphatic carbocycles. The van der Waals surface area contributed by atoms with Gasteiger partial charge < -0.3 is 25.4 Å². The van der Waals surface area contributed by atoms with E-state index in [9.17, 15) is 19.5 Å². The van der Waals surface area contributed by atoms with Crippen molar-refractivity contribution in [3.63, 3.8) is 0 Å². The highest BCUT2D eigenvalue weighted by Gasteiger charge is 2.27. The van der Waals surface area contributed by atoms with Crippen molar-refractivity contribution >= 4 is 35.1 Å². The SMILES string of the molecule is CCCCc1nc(Cl)c(CO)n1Cc1ccc(NC(=O)[C@H](NC(C)=O)C(=O)O)cc1. The molecule has 0 fully saturated rings. The number of nitrogens with zero attached hydrogens (tertiary/aromatic N) is 2. The van der Waals surface area contributed by atoms with Crippen molar-refractivity contribution < 1.29 is 24.6 Å². The molecule has 0 radical (unpaired) electrons. The molecular weight excluding hydrogens is 412 g/mol. The minimum atomic E-state index is -1.68. The molecule has 0 unspecified atom stereocenters. The van der Waals surface area contributed by atoms with Crippen LogP contribution < -0.4 is 10.6 Å². The average Bonchev–Trinajstić information content (AvgIpc) is 2.99. The number of nitrogens with one attached hydrogen (secondary N) is 2. The van der Waals surface area contributed by atoms with Crippen LogP contribution in [-0.2, 0) is 34.0 Å². The maximum Gasteiger partial charge on any atom is 0.336 e. The van der Waals surface area contributed by atoms with Gasteiger partial charge in [0.25, 0.3) is 5.91 Å². The molecule has 1 aromatic heterocycles. The number of carboxylic acid groups (broad SMARTS) is 1. The summed E-state index contributed by atoms with van der Waals surface area (Å²) in [5.41, 5.74) is 1.81. The first-order chi connectivity index (χ1) is 14.3. The Labute approximate surface area is 179 Å². The lowest BCUT2D eigenvalue weighted by Gasteiger charge is -2.14. The van der Waals surface area contributed by atoms with Crippen molar-refractivity contribution in [1.29, 1.82) is 0 Å². The zero-order valence-corrected chi connectivity index (χ0v) is 17.6. The fourth-order valence-corrected chi connectivity index (χ4v) is 3.16. The predicted octanol–water partition coefficient (Wildman–Crippen LogP) is 1.95. The molecule has 162 valence electrons. The topological polar surface area (TPSA) is 134 Å². The number of anilines is 1. The smallest absolute Gasteiger partial charge is 0.336 e. The Balaban J connectivity index is 2.14. The van der Waals surface area contributed by atoms with Gasteiger partial charge in [-0.25, -0.2) is 9.78 Å². The third kappa shape index (κ3) is 6.04. The highest BCUT2D eigenvalue weighted by molar-refractivity contribution is 6.30. The number of aliphatic hydroxyl groups is 1. The summed E-state index contributed by atoms with van der Waals surface area (Å²) in [5.74, 6) is -2.13. The zero-order chi connectivity index (χ0) is 22.3. The molecule has 2 amide bonds. The van der Waals surface area contributed by atoms with Gasteiger partial charge in [-0.2, -0.15) is 0 Å². The molecule has 0 aliphatic rings. The molecule has 10 heteroatoms. The van der Waals surface area contributed by atoms with Crippen LogP contribution >= 0.6 is 11.6 Å². The molecule has 1 atom stereocenters. The van der Waals surface area contributed by atoms with E-state index in [-0.39, 0.29) is 11.8 Å². The third-order valence-corrected chi connectivity index (χ3v) is 4.73. The monoisotopic (exact) mass is 436 g/mol.